The third kappa shape index (κ3) is 47.9. The number of amides is 3. The van der Waals surface area contributed by atoms with E-state index in [1.807, 2.05) is 12.1 Å². The van der Waals surface area contributed by atoms with Crippen LogP contribution in [0, 0.1) is 0 Å². The van der Waals surface area contributed by atoms with Crippen molar-refractivity contribution in [3.05, 3.63) is 80.9 Å². The lowest BCUT2D eigenvalue weighted by atomic mass is 9.77. The quantitative estimate of drug-likeness (QED) is 0.0178. The Balaban J connectivity index is 0.596. The maximum Gasteiger partial charge on any atom is 0.336 e. The van der Waals surface area contributed by atoms with Gasteiger partial charge in [-0.15, -0.1) is 5.06 Å². The summed E-state index contributed by atoms with van der Waals surface area (Å²) in [6.45, 7) is 36.8. The molecule has 1 fully saturated rings. The molecule has 0 bridgehead atoms. The molecule has 0 radical (unpaired) electrons. The van der Waals surface area contributed by atoms with Gasteiger partial charge in [-0.1, -0.05) is 26.3 Å². The molecule has 39 nitrogen and oxygen atoms in total. The van der Waals surface area contributed by atoms with Crippen molar-refractivity contribution in [1.29, 1.82) is 0 Å². The van der Waals surface area contributed by atoms with E-state index in [1.54, 1.807) is 7.11 Å². The first-order valence-corrected chi connectivity index (χ1v) is 50.0. The van der Waals surface area contributed by atoms with Crippen LogP contribution in [0.5, 0.6) is 11.5 Å². The van der Waals surface area contributed by atoms with Gasteiger partial charge in [0, 0.05) is 97.9 Å². The van der Waals surface area contributed by atoms with Crippen LogP contribution in [0.25, 0.3) is 5.57 Å². The van der Waals surface area contributed by atoms with Crippen LogP contribution in [-0.4, -0.2) is 401 Å². The molecule has 3 amide bonds. The minimum atomic E-state index is -4.77. The fraction of sp³-hybridized carbons (Fsp3) is 0.753. The summed E-state index contributed by atoms with van der Waals surface area (Å²) in [5.74, 6) is -2.01. The number of unbranched alkanes of at least 4 members (excludes halogenated alkanes) is 4. The molecule has 4 heterocycles. The summed E-state index contributed by atoms with van der Waals surface area (Å²) < 4.78 is 177. The number of methoxy groups -OCH3 is 1. The second kappa shape index (κ2) is 71.0. The molecule has 3 aromatic carbocycles. The Hall–Kier alpha value is -6.57. The third-order valence-corrected chi connectivity index (χ3v) is 23.3. The van der Waals surface area contributed by atoms with Gasteiger partial charge < -0.3 is 139 Å². The van der Waals surface area contributed by atoms with E-state index in [9.17, 15) is 42.0 Å². The van der Waals surface area contributed by atoms with Crippen molar-refractivity contribution in [3.63, 3.8) is 0 Å². The van der Waals surface area contributed by atoms with Crippen LogP contribution >= 0.6 is 0 Å². The van der Waals surface area contributed by atoms with Gasteiger partial charge in [0.2, 0.25) is 11.3 Å². The standard InChI is InChI=1S/C97H156N4O35S/c1-77-75-96(3,4)99(86-73-88-84(71-81(77)86)94(80-17-16-79(137(108,109)110)70-83(80)95(106)107)85-72-82-78(2)76-97(5,6)100(87(82)74-89(85)135-88)22-13-9-11-15-93(105)136-101-91(103)18-19-92(101)104)21-12-8-10-14-90(102)98-20-23-112-26-27-114-30-31-116-34-35-118-38-39-120-42-43-122-46-47-124-50-51-126-54-55-128-58-59-130-62-63-132-66-67-134-69-68-133-65-64-131-61-60-129-57-56-127-53-52-125-49-48-123-45-44-121-41-40-119-37-36-117-33-32-115-29-28-113-25-24-111-7/h16-17,70-74,77-78H,8-15,18-69,75-76H2,1-7H3,(H2-,98,102,106,107,108,109,110)/p+1. The van der Waals surface area contributed by atoms with Crippen LogP contribution in [0.1, 0.15) is 163 Å². The predicted molar refractivity (Wildman–Crippen MR) is 503 cm³/mol. The van der Waals surface area contributed by atoms with Crippen LogP contribution < -0.4 is 30.1 Å². The summed E-state index contributed by atoms with van der Waals surface area (Å²) in [4.78, 5) is 69.8. The maximum absolute atomic E-state index is 13.3. The number of nitrogens with one attached hydrogen (secondary N) is 1. The molecule has 4 aliphatic heterocycles. The number of anilines is 1. The highest BCUT2D eigenvalue weighted by atomic mass is 32.2. The Morgan fingerprint density at radius 2 is 0.796 bits per heavy atom. The van der Waals surface area contributed by atoms with Gasteiger partial charge in [0.15, 0.2) is 5.54 Å². The molecule has 1 saturated heterocycles. The molecule has 3 N–H and O–H groups in total. The van der Waals surface area contributed by atoms with E-state index in [0.29, 0.717) is 395 Å². The fourth-order valence-corrected chi connectivity index (χ4v) is 16.3. The summed E-state index contributed by atoms with van der Waals surface area (Å²) in [6, 6.07) is 11.9. The average molecular weight is 1970 g/mol. The number of imide groups is 1. The average Bonchev–Trinajstić information content (AvgIpc) is 1.06. The lowest BCUT2D eigenvalue weighted by Gasteiger charge is -2.48. The second-order valence-electron chi connectivity index (χ2n) is 34.0. The van der Waals surface area contributed by atoms with Crippen molar-refractivity contribution in [2.24, 2.45) is 0 Å². The zero-order valence-corrected chi connectivity index (χ0v) is 83.0. The molecule has 2 atom stereocenters. The predicted octanol–water partition coefficient (Wildman–Crippen LogP) is 6.73. The van der Waals surface area contributed by atoms with Crippen LogP contribution in [0.4, 0.5) is 5.69 Å². The summed E-state index contributed by atoms with van der Waals surface area (Å²) >= 11 is 0. The molecule has 780 valence electrons. The summed E-state index contributed by atoms with van der Waals surface area (Å²) in [5, 5.41) is 15.9. The van der Waals surface area contributed by atoms with Gasteiger partial charge in [0.25, 0.3) is 21.9 Å². The van der Waals surface area contributed by atoms with Gasteiger partial charge in [0.1, 0.15) is 18.0 Å². The number of carbonyl (C=O) groups excluding carboxylic acids is 4. The number of hydrogen-bond donors (Lipinski definition) is 3. The Morgan fingerprint density at radius 1 is 0.431 bits per heavy atom. The molecular formula is C97H157N4O35S+. The van der Waals surface area contributed by atoms with Crippen LogP contribution in [0.3, 0.4) is 0 Å². The largest absolute Gasteiger partial charge is 0.478 e. The molecule has 137 heavy (non-hydrogen) atoms. The smallest absolute Gasteiger partial charge is 0.336 e. The highest BCUT2D eigenvalue weighted by Gasteiger charge is 2.42. The van der Waals surface area contributed by atoms with E-state index in [1.165, 1.54) is 12.1 Å². The van der Waals surface area contributed by atoms with Crippen molar-refractivity contribution in [2.75, 3.05) is 342 Å². The molecule has 0 aliphatic carbocycles. The number of carbonyl (C=O) groups is 5. The fourth-order valence-electron chi connectivity index (χ4n) is 15.7. The van der Waals surface area contributed by atoms with E-state index in [2.05, 4.69) is 68.5 Å². The molecule has 0 aromatic heterocycles. The minimum Gasteiger partial charge on any atom is -0.478 e. The number of carboxylic acid groups (broad SMARTS) is 1. The van der Waals surface area contributed by atoms with Crippen molar-refractivity contribution < 1.29 is 165 Å². The number of hydrogen-bond acceptors (Lipinski definition) is 34. The van der Waals surface area contributed by atoms with Gasteiger partial charge in [-0.05, 0) is 107 Å². The van der Waals surface area contributed by atoms with Gasteiger partial charge in [-0.25, -0.2) is 14.2 Å². The Kier molecular flexibility index (Phi) is 60.8. The van der Waals surface area contributed by atoms with Gasteiger partial charge >= 0.3 is 11.9 Å². The first-order chi connectivity index (χ1) is 66.6. The lowest BCUT2D eigenvalue weighted by molar-refractivity contribution is -0.197. The van der Waals surface area contributed by atoms with Gasteiger partial charge in [0.05, 0.1) is 327 Å². The number of ether oxygens (including phenoxy) is 25. The molecule has 2 unspecified atom stereocenters. The number of aromatic carboxylic acids is 1. The molecular weight excluding hydrogens is 1810 g/mol. The minimum absolute atomic E-state index is 0.0178. The van der Waals surface area contributed by atoms with E-state index in [4.69, 9.17) is 123 Å². The molecule has 3 aromatic rings. The molecule has 40 heteroatoms. The zero-order chi connectivity index (χ0) is 98.1. The number of nitrogens with zero attached hydrogens (tertiary/aromatic N) is 3. The summed E-state index contributed by atoms with van der Waals surface area (Å²) in [7, 11) is -3.13. The van der Waals surface area contributed by atoms with Crippen LogP contribution in [0.2, 0.25) is 0 Å². The first-order valence-electron chi connectivity index (χ1n) is 48.5. The summed E-state index contributed by atoms with van der Waals surface area (Å²) in [6.07, 6.45) is 6.16. The molecule has 0 spiro atoms. The van der Waals surface area contributed by atoms with Crippen molar-refractivity contribution in [1.82, 2.24) is 15.0 Å². The van der Waals surface area contributed by atoms with E-state index < -0.39 is 38.8 Å². The van der Waals surface area contributed by atoms with E-state index in [0.717, 1.165) is 53.9 Å². The zero-order valence-electron chi connectivity index (χ0n) is 82.2. The number of fused-ring (bicyclic) bond motifs is 4. The Labute approximate surface area is 808 Å². The number of benzene rings is 3. The molecule has 7 rings (SSSR count). The van der Waals surface area contributed by atoms with E-state index in [-0.39, 0.29) is 59.2 Å². The van der Waals surface area contributed by atoms with Gasteiger partial charge in [-0.3, -0.25) is 18.9 Å². The Morgan fingerprint density at radius 3 is 1.18 bits per heavy atom. The number of carboxylic acids is 1. The summed E-state index contributed by atoms with van der Waals surface area (Å²) in [5.41, 5.74) is 3.55. The maximum atomic E-state index is 13.3. The van der Waals surface area contributed by atoms with Crippen molar-refractivity contribution in [3.8, 4) is 11.5 Å². The van der Waals surface area contributed by atoms with Crippen LogP contribution in [0.15, 0.2) is 47.4 Å². The van der Waals surface area contributed by atoms with E-state index >= 15 is 0 Å². The lowest BCUT2D eigenvalue weighted by Crippen LogP contribution is -2.53. The second-order valence-corrected chi connectivity index (χ2v) is 35.4. The number of hydroxylamine groups is 2. The van der Waals surface area contributed by atoms with Crippen molar-refractivity contribution in [2.45, 2.75) is 146 Å². The topological polar surface area (TPSA) is 421 Å². The van der Waals surface area contributed by atoms with Crippen LogP contribution in [-0.2, 0) is 148 Å². The molecule has 0 saturated carbocycles. The number of rotatable bonds is 88. The van der Waals surface area contributed by atoms with Gasteiger partial charge in [-0.2, -0.15) is 8.42 Å². The highest BCUT2D eigenvalue weighted by Crippen LogP contribution is 2.50. The monoisotopic (exact) mass is 1970 g/mol. The normalized spacial score (nSPS) is 15.6. The first kappa shape index (κ1) is 117. The third-order valence-electron chi connectivity index (χ3n) is 22.5. The Bertz CT molecular complexity index is 4090. The molecule has 4 aliphatic rings. The van der Waals surface area contributed by atoms with Crippen molar-refractivity contribution >= 4 is 51.0 Å². The highest BCUT2D eigenvalue weighted by molar-refractivity contribution is 7.85. The SMILES string of the molecule is COCCOCCOCCOCCOCCOCCOCCOCCOCCOCCOCCOCCOCCOCCOCCOCCOCCOCCOCCOCCOCCOCCOCCOCCNC(=O)CCCCC[N+]1=c2cc3c(cc2C(C)CC1(C)C)=C(c1ccc(S(=O)(=O)O)cc1C(=O)O)c1cc2c(cc1O3)N(CCCCCC(=O)ON1C(=O)CCC1=O)C(C)(C)CC2C.